The van der Waals surface area contributed by atoms with Crippen LogP contribution < -0.4 is 5.32 Å². The van der Waals surface area contributed by atoms with E-state index in [4.69, 9.17) is 11.6 Å². The molecule has 0 amide bonds. The predicted octanol–water partition coefficient (Wildman–Crippen LogP) is 3.55. The Labute approximate surface area is 95.7 Å². The van der Waals surface area contributed by atoms with Crippen LogP contribution in [-0.4, -0.2) is 4.98 Å². The molecule has 0 bridgehead atoms. The van der Waals surface area contributed by atoms with Gasteiger partial charge in [0.05, 0.1) is 5.02 Å². The molecule has 0 radical (unpaired) electrons. The summed E-state index contributed by atoms with van der Waals surface area (Å²) in [6.07, 6.45) is 1.42. The molecule has 5 heteroatoms. The smallest absolute Gasteiger partial charge is 0.166 e. The van der Waals surface area contributed by atoms with Crippen LogP contribution in [-0.2, 0) is 6.54 Å². The average Bonchev–Trinajstić information content (AvgIpc) is 2.69. The lowest BCUT2D eigenvalue weighted by molar-refractivity contribution is 0.624. The van der Waals surface area contributed by atoms with Gasteiger partial charge in [-0.25, -0.2) is 9.37 Å². The number of anilines is 1. The van der Waals surface area contributed by atoms with Gasteiger partial charge >= 0.3 is 0 Å². The van der Waals surface area contributed by atoms with Gasteiger partial charge in [-0.1, -0.05) is 11.6 Å². The fraction of sp³-hybridized carbons (Fsp3) is 0.100. The van der Waals surface area contributed by atoms with E-state index < -0.39 is 5.82 Å². The van der Waals surface area contributed by atoms with Gasteiger partial charge in [-0.2, -0.15) is 11.3 Å². The van der Waals surface area contributed by atoms with Crippen molar-refractivity contribution >= 4 is 28.8 Å². The molecule has 1 N–H and O–H groups in total. The van der Waals surface area contributed by atoms with Crippen molar-refractivity contribution < 1.29 is 4.39 Å². The highest BCUT2D eigenvalue weighted by molar-refractivity contribution is 7.07. The van der Waals surface area contributed by atoms with Gasteiger partial charge in [-0.05, 0) is 28.5 Å². The largest absolute Gasteiger partial charge is 0.364 e. The van der Waals surface area contributed by atoms with Gasteiger partial charge in [0.25, 0.3) is 0 Å². The first-order valence-electron chi connectivity index (χ1n) is 4.31. The van der Waals surface area contributed by atoms with Crippen molar-refractivity contribution in [2.24, 2.45) is 0 Å². The van der Waals surface area contributed by atoms with E-state index in [1.165, 1.54) is 12.3 Å². The molecule has 0 aromatic carbocycles. The molecule has 0 saturated carbocycles. The third-order valence-corrected chi connectivity index (χ3v) is 2.79. The van der Waals surface area contributed by atoms with Crippen molar-refractivity contribution in [1.82, 2.24) is 4.98 Å². The van der Waals surface area contributed by atoms with Crippen LogP contribution >= 0.6 is 22.9 Å². The van der Waals surface area contributed by atoms with E-state index in [1.807, 2.05) is 16.8 Å². The van der Waals surface area contributed by atoms with Gasteiger partial charge in [-0.3, -0.25) is 0 Å². The molecule has 0 spiro atoms. The highest BCUT2D eigenvalue weighted by Crippen LogP contribution is 2.16. The molecule has 0 aliphatic carbocycles. The minimum absolute atomic E-state index is 0.227. The Morgan fingerprint density at radius 3 is 3.07 bits per heavy atom. The van der Waals surface area contributed by atoms with Crippen LogP contribution in [0.15, 0.2) is 29.1 Å². The van der Waals surface area contributed by atoms with Crippen molar-refractivity contribution in [2.75, 3.05) is 5.32 Å². The average molecular weight is 243 g/mol. The summed E-state index contributed by atoms with van der Waals surface area (Å²) in [4.78, 5) is 3.86. The number of rotatable bonds is 3. The highest BCUT2D eigenvalue weighted by Gasteiger charge is 2.03. The van der Waals surface area contributed by atoms with E-state index in [1.54, 1.807) is 11.3 Å². The lowest BCUT2D eigenvalue weighted by Gasteiger charge is -2.04. The normalized spacial score (nSPS) is 10.3. The van der Waals surface area contributed by atoms with Crippen LogP contribution in [0.5, 0.6) is 0 Å². The quantitative estimate of drug-likeness (QED) is 0.891. The Bertz CT molecular complexity index is 445. The number of halogens is 2. The molecule has 2 heterocycles. The Kier molecular flexibility index (Phi) is 3.18. The molecule has 2 nitrogen and oxygen atoms in total. The Morgan fingerprint density at radius 1 is 1.53 bits per heavy atom. The molecule has 0 aliphatic heterocycles. The number of pyridine rings is 1. The number of thiophene rings is 1. The monoisotopic (exact) mass is 242 g/mol. The molecule has 0 saturated heterocycles. The van der Waals surface area contributed by atoms with E-state index >= 15 is 0 Å². The van der Waals surface area contributed by atoms with Crippen LogP contribution in [0.25, 0.3) is 0 Å². The Balaban J connectivity index is 2.05. The minimum atomic E-state index is -0.433. The maximum absolute atomic E-state index is 13.3. The van der Waals surface area contributed by atoms with Gasteiger partial charge in [0, 0.05) is 12.7 Å². The van der Waals surface area contributed by atoms with Gasteiger partial charge in [0.1, 0.15) is 0 Å². The maximum atomic E-state index is 13.3. The number of nitrogens with one attached hydrogen (secondary N) is 1. The second-order valence-electron chi connectivity index (χ2n) is 2.97. The topological polar surface area (TPSA) is 24.9 Å². The Morgan fingerprint density at radius 2 is 2.40 bits per heavy atom. The predicted molar refractivity (Wildman–Crippen MR) is 60.9 cm³/mol. The molecule has 2 aromatic heterocycles. The summed E-state index contributed by atoms with van der Waals surface area (Å²) >= 11 is 7.19. The zero-order valence-electron chi connectivity index (χ0n) is 7.71. The second kappa shape index (κ2) is 4.59. The zero-order valence-corrected chi connectivity index (χ0v) is 9.28. The fourth-order valence-corrected chi connectivity index (χ4v) is 1.94. The summed E-state index contributed by atoms with van der Waals surface area (Å²) < 4.78 is 13.3. The molecule has 0 fully saturated rings. The number of nitrogens with zero attached hydrogens (tertiary/aromatic N) is 1. The van der Waals surface area contributed by atoms with Crippen molar-refractivity contribution in [1.29, 1.82) is 0 Å². The van der Waals surface area contributed by atoms with E-state index in [-0.39, 0.29) is 5.82 Å². The minimum Gasteiger partial charge on any atom is -0.364 e. The standard InChI is InChI=1S/C10H8ClFN2S/c11-8-3-9(12)10(14-5-8)13-4-7-1-2-15-6-7/h1-3,5-6H,4H2,(H,13,14). The lowest BCUT2D eigenvalue weighted by atomic mass is 10.3. The number of hydrogen-bond acceptors (Lipinski definition) is 3. The van der Waals surface area contributed by atoms with Crippen LogP contribution in [0.1, 0.15) is 5.56 Å². The van der Waals surface area contributed by atoms with Gasteiger partial charge in [0.15, 0.2) is 11.6 Å². The van der Waals surface area contributed by atoms with Crippen molar-refractivity contribution in [3.63, 3.8) is 0 Å². The third-order valence-electron chi connectivity index (χ3n) is 1.85. The zero-order chi connectivity index (χ0) is 10.7. The molecule has 0 aliphatic rings. The Hall–Kier alpha value is -1.13. The van der Waals surface area contributed by atoms with Crippen LogP contribution in [0.2, 0.25) is 5.02 Å². The van der Waals surface area contributed by atoms with Crippen molar-refractivity contribution in [3.8, 4) is 0 Å². The summed E-state index contributed by atoms with van der Waals surface area (Å²) in [7, 11) is 0. The maximum Gasteiger partial charge on any atom is 0.166 e. The first-order valence-corrected chi connectivity index (χ1v) is 5.64. The van der Waals surface area contributed by atoms with Crippen molar-refractivity contribution in [3.05, 3.63) is 45.5 Å². The van der Waals surface area contributed by atoms with Gasteiger partial charge in [0.2, 0.25) is 0 Å². The van der Waals surface area contributed by atoms with Crippen LogP contribution in [0.4, 0.5) is 10.2 Å². The van der Waals surface area contributed by atoms with E-state index in [2.05, 4.69) is 10.3 Å². The summed E-state index contributed by atoms with van der Waals surface area (Å²) in [5, 5.41) is 7.18. The van der Waals surface area contributed by atoms with Crippen LogP contribution in [0, 0.1) is 5.82 Å². The summed E-state index contributed by atoms with van der Waals surface area (Å²) in [5.74, 6) is -0.205. The molecule has 2 rings (SSSR count). The molecular formula is C10H8ClFN2S. The highest BCUT2D eigenvalue weighted by atomic mass is 35.5. The third kappa shape index (κ3) is 2.67. The molecule has 2 aromatic rings. The lowest BCUT2D eigenvalue weighted by Crippen LogP contribution is -2.02. The molecule has 15 heavy (non-hydrogen) atoms. The van der Waals surface area contributed by atoms with Gasteiger partial charge < -0.3 is 5.32 Å². The summed E-state index contributed by atoms with van der Waals surface area (Å²) in [6, 6.07) is 3.22. The molecule has 0 atom stereocenters. The number of aromatic nitrogens is 1. The van der Waals surface area contributed by atoms with E-state index in [0.717, 1.165) is 5.56 Å². The second-order valence-corrected chi connectivity index (χ2v) is 4.19. The first-order chi connectivity index (χ1) is 7.25. The summed E-state index contributed by atoms with van der Waals surface area (Å²) in [6.45, 7) is 0.565. The summed E-state index contributed by atoms with van der Waals surface area (Å²) in [5.41, 5.74) is 1.11. The van der Waals surface area contributed by atoms with Crippen LogP contribution in [0.3, 0.4) is 0 Å². The van der Waals surface area contributed by atoms with E-state index in [0.29, 0.717) is 11.6 Å². The van der Waals surface area contributed by atoms with Gasteiger partial charge in [-0.15, -0.1) is 0 Å². The molecule has 78 valence electrons. The van der Waals surface area contributed by atoms with E-state index in [9.17, 15) is 4.39 Å². The molecular weight excluding hydrogens is 235 g/mol. The molecule has 0 unspecified atom stereocenters. The SMILES string of the molecule is Fc1cc(Cl)cnc1NCc1ccsc1. The fourth-order valence-electron chi connectivity index (χ4n) is 1.12. The number of hydrogen-bond donors (Lipinski definition) is 1. The van der Waals surface area contributed by atoms with Crippen molar-refractivity contribution in [2.45, 2.75) is 6.54 Å². The first kappa shape index (κ1) is 10.4.